The number of hydrogen-bond donors (Lipinski definition) is 2. The van der Waals surface area contributed by atoms with E-state index in [1.165, 1.54) is 5.56 Å². The number of rotatable bonds is 8. The zero-order valence-corrected chi connectivity index (χ0v) is 18.1. The number of likely N-dealkylation sites (tertiary alicyclic amines) is 1. The second-order valence-electron chi connectivity index (χ2n) is 8.30. The van der Waals surface area contributed by atoms with Crippen LogP contribution < -0.4 is 10.6 Å². The van der Waals surface area contributed by atoms with Crippen LogP contribution in [-0.4, -0.2) is 79.2 Å². The van der Waals surface area contributed by atoms with Gasteiger partial charge in [-0.1, -0.05) is 36.4 Å². The number of amides is 1. The normalized spacial score (nSPS) is 18.6. The second kappa shape index (κ2) is 11.2. The summed E-state index contributed by atoms with van der Waals surface area (Å²) in [6.45, 7) is 8.00. The minimum absolute atomic E-state index is 0.116. The summed E-state index contributed by atoms with van der Waals surface area (Å²) in [5.74, 6) is 0.664. The Kier molecular flexibility index (Phi) is 7.87. The monoisotopic (exact) mass is 423 g/mol. The van der Waals surface area contributed by atoms with Gasteiger partial charge in [0, 0.05) is 51.9 Å². The van der Waals surface area contributed by atoms with Crippen molar-refractivity contribution in [2.24, 2.45) is 0 Å². The lowest BCUT2D eigenvalue weighted by Crippen LogP contribution is -2.41. The Labute approximate surface area is 184 Å². The number of aromatic nitrogens is 1. The average molecular weight is 424 g/mol. The van der Waals surface area contributed by atoms with Crippen LogP contribution in [0.1, 0.15) is 28.9 Å². The first-order valence-corrected chi connectivity index (χ1v) is 11.3. The Morgan fingerprint density at radius 2 is 1.74 bits per heavy atom. The highest BCUT2D eigenvalue weighted by Crippen LogP contribution is 2.17. The van der Waals surface area contributed by atoms with Crippen LogP contribution in [0.2, 0.25) is 0 Å². The van der Waals surface area contributed by atoms with Gasteiger partial charge in [0.1, 0.15) is 11.5 Å². The van der Waals surface area contributed by atoms with Crippen LogP contribution in [0.15, 0.2) is 48.5 Å². The number of nitrogens with zero attached hydrogens (tertiary/aromatic N) is 3. The number of nitrogens with one attached hydrogen (secondary N) is 2. The lowest BCUT2D eigenvalue weighted by Gasteiger charge is -2.32. The number of carbonyl (C=O) groups is 1. The highest BCUT2D eigenvalue weighted by Gasteiger charge is 2.20. The maximum atomic E-state index is 12.5. The summed E-state index contributed by atoms with van der Waals surface area (Å²) in [6.07, 6.45) is 2.15. The third-order valence-corrected chi connectivity index (χ3v) is 5.99. The summed E-state index contributed by atoms with van der Waals surface area (Å²) < 4.78 is 5.36. The third kappa shape index (κ3) is 6.75. The SMILES string of the molecule is O=C(NCCN1CCOCC1)c1cccc(NC2CCN(Cc3ccccc3)CC2)n1. The molecule has 0 aliphatic carbocycles. The van der Waals surface area contributed by atoms with Crippen LogP contribution in [0.5, 0.6) is 0 Å². The molecule has 2 saturated heterocycles. The smallest absolute Gasteiger partial charge is 0.270 e. The maximum Gasteiger partial charge on any atom is 0.270 e. The first-order chi connectivity index (χ1) is 15.3. The van der Waals surface area contributed by atoms with Crippen molar-refractivity contribution >= 4 is 11.7 Å². The van der Waals surface area contributed by atoms with E-state index in [9.17, 15) is 4.79 Å². The van der Waals surface area contributed by atoms with Crippen molar-refractivity contribution in [1.82, 2.24) is 20.1 Å². The van der Waals surface area contributed by atoms with Crippen molar-refractivity contribution < 1.29 is 9.53 Å². The number of morpholine rings is 1. The molecule has 7 nitrogen and oxygen atoms in total. The number of piperidine rings is 1. The van der Waals surface area contributed by atoms with Gasteiger partial charge in [-0.3, -0.25) is 14.6 Å². The molecular weight excluding hydrogens is 390 g/mol. The van der Waals surface area contributed by atoms with Gasteiger partial charge in [0.25, 0.3) is 5.91 Å². The van der Waals surface area contributed by atoms with Gasteiger partial charge in [-0.05, 0) is 30.5 Å². The van der Waals surface area contributed by atoms with Crippen molar-refractivity contribution in [3.8, 4) is 0 Å². The number of carbonyl (C=O) groups excluding carboxylic acids is 1. The van der Waals surface area contributed by atoms with Crippen LogP contribution >= 0.6 is 0 Å². The molecule has 1 aromatic heterocycles. The molecule has 3 heterocycles. The Bertz CT molecular complexity index is 818. The Hall–Kier alpha value is -2.48. The summed E-state index contributed by atoms with van der Waals surface area (Å²) in [5, 5.41) is 6.52. The maximum absolute atomic E-state index is 12.5. The number of pyridine rings is 1. The molecule has 7 heteroatoms. The first-order valence-electron chi connectivity index (χ1n) is 11.3. The highest BCUT2D eigenvalue weighted by molar-refractivity contribution is 5.92. The van der Waals surface area contributed by atoms with E-state index < -0.39 is 0 Å². The van der Waals surface area contributed by atoms with E-state index in [2.05, 4.69) is 55.7 Å². The van der Waals surface area contributed by atoms with Crippen molar-refractivity contribution in [3.05, 3.63) is 59.8 Å². The lowest BCUT2D eigenvalue weighted by molar-refractivity contribution is 0.0383. The Morgan fingerprint density at radius 1 is 0.968 bits per heavy atom. The summed E-state index contributed by atoms with van der Waals surface area (Å²) in [5.41, 5.74) is 1.83. The number of hydrogen-bond acceptors (Lipinski definition) is 6. The molecule has 31 heavy (non-hydrogen) atoms. The molecule has 2 aliphatic heterocycles. The van der Waals surface area contributed by atoms with Crippen molar-refractivity contribution in [3.63, 3.8) is 0 Å². The Balaban J connectivity index is 1.21. The summed E-state index contributed by atoms with van der Waals surface area (Å²) in [7, 11) is 0. The van der Waals surface area contributed by atoms with Crippen LogP contribution in [0.3, 0.4) is 0 Å². The average Bonchev–Trinajstić information content (AvgIpc) is 2.82. The van der Waals surface area contributed by atoms with Gasteiger partial charge >= 0.3 is 0 Å². The molecule has 0 bridgehead atoms. The van der Waals surface area contributed by atoms with Crippen molar-refractivity contribution in [2.45, 2.75) is 25.4 Å². The zero-order chi connectivity index (χ0) is 21.3. The lowest BCUT2D eigenvalue weighted by atomic mass is 10.0. The van der Waals surface area contributed by atoms with E-state index >= 15 is 0 Å². The van der Waals surface area contributed by atoms with E-state index in [0.29, 0.717) is 18.3 Å². The fraction of sp³-hybridized carbons (Fsp3) is 0.500. The summed E-state index contributed by atoms with van der Waals surface area (Å²) in [4.78, 5) is 21.8. The van der Waals surface area contributed by atoms with Crippen LogP contribution in [-0.2, 0) is 11.3 Å². The van der Waals surface area contributed by atoms with Crippen molar-refractivity contribution in [2.75, 3.05) is 57.8 Å². The van der Waals surface area contributed by atoms with Gasteiger partial charge in [0.15, 0.2) is 0 Å². The molecule has 2 aromatic rings. The van der Waals surface area contributed by atoms with Gasteiger partial charge in [0.2, 0.25) is 0 Å². The quantitative estimate of drug-likeness (QED) is 0.679. The molecule has 2 N–H and O–H groups in total. The molecule has 1 amide bonds. The highest BCUT2D eigenvalue weighted by atomic mass is 16.5. The minimum atomic E-state index is -0.116. The predicted octanol–water partition coefficient (Wildman–Crippen LogP) is 2.22. The molecule has 0 spiro atoms. The third-order valence-electron chi connectivity index (χ3n) is 5.99. The van der Waals surface area contributed by atoms with Gasteiger partial charge in [-0.15, -0.1) is 0 Å². The molecule has 1 aromatic carbocycles. The molecule has 4 rings (SSSR count). The van der Waals surface area contributed by atoms with Crippen molar-refractivity contribution in [1.29, 1.82) is 0 Å². The van der Waals surface area contributed by atoms with Crippen LogP contribution in [0.25, 0.3) is 0 Å². The number of benzene rings is 1. The molecule has 0 saturated carbocycles. The van der Waals surface area contributed by atoms with Gasteiger partial charge in [-0.2, -0.15) is 0 Å². The molecule has 0 atom stereocenters. The molecule has 2 aliphatic rings. The molecule has 2 fully saturated rings. The van der Waals surface area contributed by atoms with Gasteiger partial charge < -0.3 is 15.4 Å². The molecular formula is C24H33N5O2. The van der Waals surface area contributed by atoms with E-state index in [1.807, 2.05) is 12.1 Å². The molecule has 0 radical (unpaired) electrons. The fourth-order valence-electron chi connectivity index (χ4n) is 4.17. The predicted molar refractivity (Wildman–Crippen MR) is 122 cm³/mol. The standard InChI is InChI=1S/C24H33N5O2/c30-24(25-11-14-28-15-17-31-18-16-28)22-7-4-8-23(27-22)26-21-9-12-29(13-10-21)19-20-5-2-1-3-6-20/h1-8,21H,9-19H2,(H,25,30)(H,26,27). The molecule has 0 unspecified atom stereocenters. The van der Waals surface area contributed by atoms with E-state index in [1.54, 1.807) is 6.07 Å². The molecule has 166 valence electrons. The van der Waals surface area contributed by atoms with Crippen LogP contribution in [0.4, 0.5) is 5.82 Å². The van der Waals surface area contributed by atoms with Crippen LogP contribution in [0, 0.1) is 0 Å². The summed E-state index contributed by atoms with van der Waals surface area (Å²) in [6, 6.07) is 16.6. The first kappa shape index (κ1) is 21.7. The number of ether oxygens (including phenoxy) is 1. The summed E-state index contributed by atoms with van der Waals surface area (Å²) >= 11 is 0. The van der Waals surface area contributed by atoms with Gasteiger partial charge in [0.05, 0.1) is 13.2 Å². The van der Waals surface area contributed by atoms with E-state index in [-0.39, 0.29) is 5.91 Å². The topological polar surface area (TPSA) is 69.7 Å². The van der Waals surface area contributed by atoms with E-state index in [0.717, 1.165) is 71.1 Å². The largest absolute Gasteiger partial charge is 0.379 e. The Morgan fingerprint density at radius 3 is 2.52 bits per heavy atom. The fourth-order valence-corrected chi connectivity index (χ4v) is 4.17. The van der Waals surface area contributed by atoms with E-state index in [4.69, 9.17) is 4.74 Å². The zero-order valence-electron chi connectivity index (χ0n) is 18.1. The number of anilines is 1. The van der Waals surface area contributed by atoms with Gasteiger partial charge in [-0.25, -0.2) is 4.98 Å². The minimum Gasteiger partial charge on any atom is -0.379 e. The second-order valence-corrected chi connectivity index (χ2v) is 8.30.